The first-order chi connectivity index (χ1) is 11.0. The molecule has 1 aromatic heterocycles. The fraction of sp³-hybridized carbons (Fsp3) is 0.118. The van der Waals surface area contributed by atoms with Crippen LogP contribution in [-0.2, 0) is 13.5 Å². The zero-order valence-electron chi connectivity index (χ0n) is 12.3. The topological polar surface area (TPSA) is 72.2 Å². The van der Waals surface area contributed by atoms with Gasteiger partial charge < -0.3 is 5.11 Å². The molecule has 0 spiro atoms. The lowest BCUT2D eigenvalue weighted by molar-refractivity contribution is 0.0696. The number of fused-ring (bicyclic) bond motifs is 1. The zero-order valence-corrected chi connectivity index (χ0v) is 13.0. The van der Waals surface area contributed by atoms with Gasteiger partial charge in [0.15, 0.2) is 0 Å². The number of benzene rings is 2. The SMILES string of the molecule is Cn1c(Cc2ccccc2C(=O)O)nc2cc(Cl)ccc2c1=O. The first kappa shape index (κ1) is 15.2. The third kappa shape index (κ3) is 2.83. The van der Waals surface area contributed by atoms with Crippen molar-refractivity contribution in [3.05, 3.63) is 74.8 Å². The molecule has 3 aromatic rings. The standard InChI is InChI=1S/C17H13ClN2O3/c1-20-15(8-10-4-2-3-5-12(10)17(22)23)19-14-9-11(18)6-7-13(14)16(20)21/h2-7,9H,8H2,1H3,(H,22,23). The molecule has 3 rings (SSSR count). The van der Waals surface area contributed by atoms with Gasteiger partial charge in [0.1, 0.15) is 5.82 Å². The van der Waals surface area contributed by atoms with Crippen molar-refractivity contribution in [1.82, 2.24) is 9.55 Å². The van der Waals surface area contributed by atoms with Crippen molar-refractivity contribution in [3.8, 4) is 0 Å². The highest BCUT2D eigenvalue weighted by atomic mass is 35.5. The largest absolute Gasteiger partial charge is 0.478 e. The quantitative estimate of drug-likeness (QED) is 0.802. The molecule has 0 saturated heterocycles. The maximum Gasteiger partial charge on any atom is 0.335 e. The van der Waals surface area contributed by atoms with E-state index in [4.69, 9.17) is 11.6 Å². The van der Waals surface area contributed by atoms with Crippen molar-refractivity contribution < 1.29 is 9.90 Å². The smallest absolute Gasteiger partial charge is 0.335 e. The summed E-state index contributed by atoms with van der Waals surface area (Å²) in [4.78, 5) is 28.2. The molecule has 116 valence electrons. The molecule has 2 aromatic carbocycles. The van der Waals surface area contributed by atoms with Crippen molar-refractivity contribution in [2.75, 3.05) is 0 Å². The van der Waals surface area contributed by atoms with Crippen LogP contribution in [-0.4, -0.2) is 20.6 Å². The van der Waals surface area contributed by atoms with Crippen molar-refractivity contribution in [3.63, 3.8) is 0 Å². The minimum Gasteiger partial charge on any atom is -0.478 e. The summed E-state index contributed by atoms with van der Waals surface area (Å²) in [6.45, 7) is 0. The van der Waals surface area contributed by atoms with Gasteiger partial charge in [0.25, 0.3) is 5.56 Å². The Labute approximate surface area is 136 Å². The number of hydrogen-bond donors (Lipinski definition) is 1. The summed E-state index contributed by atoms with van der Waals surface area (Å²) in [6, 6.07) is 11.6. The normalized spacial score (nSPS) is 10.9. The molecule has 0 aliphatic heterocycles. The molecule has 0 radical (unpaired) electrons. The van der Waals surface area contributed by atoms with Gasteiger partial charge in [-0.15, -0.1) is 0 Å². The highest BCUT2D eigenvalue weighted by Crippen LogP contribution is 2.17. The van der Waals surface area contributed by atoms with Crippen LogP contribution in [0.5, 0.6) is 0 Å². The van der Waals surface area contributed by atoms with Crippen molar-refractivity contribution >= 4 is 28.5 Å². The number of aromatic carboxylic acids is 1. The van der Waals surface area contributed by atoms with Gasteiger partial charge in [-0.25, -0.2) is 9.78 Å². The summed E-state index contributed by atoms with van der Waals surface area (Å²) >= 11 is 5.96. The molecule has 5 nitrogen and oxygen atoms in total. The average molecular weight is 329 g/mol. The van der Waals surface area contributed by atoms with Gasteiger partial charge in [-0.05, 0) is 29.8 Å². The third-order valence-electron chi connectivity index (χ3n) is 3.73. The molecule has 0 aliphatic rings. The van der Waals surface area contributed by atoms with Gasteiger partial charge in [-0.1, -0.05) is 29.8 Å². The number of carboxylic acids is 1. The molecule has 23 heavy (non-hydrogen) atoms. The van der Waals surface area contributed by atoms with E-state index in [1.54, 1.807) is 43.4 Å². The van der Waals surface area contributed by atoms with E-state index in [9.17, 15) is 14.7 Å². The lowest BCUT2D eigenvalue weighted by Crippen LogP contribution is -2.23. The van der Waals surface area contributed by atoms with Crippen LogP contribution in [0.4, 0.5) is 0 Å². The van der Waals surface area contributed by atoms with Gasteiger partial charge in [-0.3, -0.25) is 9.36 Å². The molecular formula is C17H13ClN2O3. The molecule has 0 bridgehead atoms. The number of carboxylic acid groups (broad SMARTS) is 1. The second-order valence-electron chi connectivity index (χ2n) is 5.19. The molecule has 1 heterocycles. The summed E-state index contributed by atoms with van der Waals surface area (Å²) in [5, 5.41) is 10.2. The molecule has 0 fully saturated rings. The fourth-order valence-corrected chi connectivity index (χ4v) is 2.67. The van der Waals surface area contributed by atoms with Gasteiger partial charge in [-0.2, -0.15) is 0 Å². The van der Waals surface area contributed by atoms with Crippen molar-refractivity contribution in [1.29, 1.82) is 0 Å². The van der Waals surface area contributed by atoms with E-state index in [0.717, 1.165) is 0 Å². The first-order valence-corrected chi connectivity index (χ1v) is 7.31. The number of nitrogens with zero attached hydrogens (tertiary/aromatic N) is 2. The Bertz CT molecular complexity index is 979. The number of carbonyl (C=O) groups is 1. The van der Waals surface area contributed by atoms with Gasteiger partial charge in [0.2, 0.25) is 0 Å². The Morgan fingerprint density at radius 1 is 1.26 bits per heavy atom. The predicted molar refractivity (Wildman–Crippen MR) is 88.2 cm³/mol. The molecule has 0 amide bonds. The first-order valence-electron chi connectivity index (χ1n) is 6.93. The molecule has 0 aliphatic carbocycles. The van der Waals surface area contributed by atoms with Gasteiger partial charge in [0.05, 0.1) is 16.5 Å². The average Bonchev–Trinajstić information content (AvgIpc) is 2.52. The van der Waals surface area contributed by atoms with E-state index < -0.39 is 5.97 Å². The summed E-state index contributed by atoms with van der Waals surface area (Å²) in [6.07, 6.45) is 0.247. The lowest BCUT2D eigenvalue weighted by atomic mass is 10.0. The molecule has 0 unspecified atom stereocenters. The second-order valence-corrected chi connectivity index (χ2v) is 5.63. The molecule has 0 atom stereocenters. The van der Waals surface area contributed by atoms with Gasteiger partial charge >= 0.3 is 5.97 Å². The van der Waals surface area contributed by atoms with E-state index in [0.29, 0.717) is 27.3 Å². The van der Waals surface area contributed by atoms with Crippen LogP contribution in [0.2, 0.25) is 5.02 Å². The minimum absolute atomic E-state index is 0.186. The monoisotopic (exact) mass is 328 g/mol. The number of hydrogen-bond acceptors (Lipinski definition) is 3. The highest BCUT2D eigenvalue weighted by Gasteiger charge is 2.14. The van der Waals surface area contributed by atoms with E-state index in [2.05, 4.69) is 4.98 Å². The van der Waals surface area contributed by atoms with Crippen LogP contribution in [0.1, 0.15) is 21.7 Å². The fourth-order valence-electron chi connectivity index (χ4n) is 2.50. The van der Waals surface area contributed by atoms with Gasteiger partial charge in [0, 0.05) is 18.5 Å². The minimum atomic E-state index is -1.01. The summed E-state index contributed by atoms with van der Waals surface area (Å²) in [5.41, 5.74) is 1.12. The Morgan fingerprint density at radius 2 is 2.00 bits per heavy atom. The number of rotatable bonds is 3. The van der Waals surface area contributed by atoms with E-state index in [1.807, 2.05) is 0 Å². The number of halogens is 1. The van der Waals surface area contributed by atoms with E-state index in [1.165, 1.54) is 10.6 Å². The molecule has 1 N–H and O–H groups in total. The van der Waals surface area contributed by atoms with Crippen LogP contribution >= 0.6 is 11.6 Å². The Morgan fingerprint density at radius 3 is 2.74 bits per heavy atom. The predicted octanol–water partition coefficient (Wildman–Crippen LogP) is 2.88. The summed E-state index contributed by atoms with van der Waals surface area (Å²) < 4.78 is 1.44. The maximum absolute atomic E-state index is 12.4. The van der Waals surface area contributed by atoms with Crippen molar-refractivity contribution in [2.24, 2.45) is 7.05 Å². The second kappa shape index (κ2) is 5.85. The Balaban J connectivity index is 2.16. The third-order valence-corrected chi connectivity index (χ3v) is 3.96. The highest BCUT2D eigenvalue weighted by molar-refractivity contribution is 6.31. The maximum atomic E-state index is 12.4. The Hall–Kier alpha value is -2.66. The molecular weight excluding hydrogens is 316 g/mol. The lowest BCUT2D eigenvalue weighted by Gasteiger charge is -2.11. The van der Waals surface area contributed by atoms with Crippen LogP contribution in [0, 0.1) is 0 Å². The van der Waals surface area contributed by atoms with Crippen molar-refractivity contribution in [2.45, 2.75) is 6.42 Å². The van der Waals surface area contributed by atoms with Crippen LogP contribution in [0.15, 0.2) is 47.3 Å². The van der Waals surface area contributed by atoms with Crippen LogP contribution in [0.25, 0.3) is 10.9 Å². The van der Waals surface area contributed by atoms with Crippen LogP contribution < -0.4 is 5.56 Å². The summed E-state index contributed by atoms with van der Waals surface area (Å²) in [5.74, 6) is -0.520. The summed E-state index contributed by atoms with van der Waals surface area (Å²) in [7, 11) is 1.63. The molecule has 0 saturated carbocycles. The van der Waals surface area contributed by atoms with E-state index >= 15 is 0 Å². The Kier molecular flexibility index (Phi) is 3.88. The molecule has 6 heteroatoms. The zero-order chi connectivity index (χ0) is 16.6. The van der Waals surface area contributed by atoms with E-state index in [-0.39, 0.29) is 17.5 Å². The van der Waals surface area contributed by atoms with Crippen LogP contribution in [0.3, 0.4) is 0 Å². The number of aromatic nitrogens is 2.